The third kappa shape index (κ3) is 5.21. The molecule has 1 saturated heterocycles. The second-order valence-corrected chi connectivity index (χ2v) is 7.87. The number of nitrogens with zero attached hydrogens (tertiary/aromatic N) is 3. The van der Waals surface area contributed by atoms with Gasteiger partial charge in [0.05, 0.1) is 27.4 Å². The number of aromatic nitrogens is 1. The van der Waals surface area contributed by atoms with Gasteiger partial charge in [-0.15, -0.1) is 0 Å². The number of amides is 1. The zero-order chi connectivity index (χ0) is 23.9. The minimum absolute atomic E-state index is 0.0569. The summed E-state index contributed by atoms with van der Waals surface area (Å²) in [5.41, 5.74) is 3.48. The quantitative estimate of drug-likeness (QED) is 0.495. The van der Waals surface area contributed by atoms with Gasteiger partial charge in [-0.1, -0.05) is 24.3 Å². The summed E-state index contributed by atoms with van der Waals surface area (Å²) in [7, 11) is 5.17. The molecule has 0 spiro atoms. The number of pyridine rings is 1. The Bertz CT molecular complexity index is 1140. The van der Waals surface area contributed by atoms with Crippen LogP contribution in [0.1, 0.15) is 11.1 Å². The monoisotopic (exact) mass is 459 g/mol. The fraction of sp³-hybridized carbons (Fsp3) is 0.259. The molecule has 0 bridgehead atoms. The van der Waals surface area contributed by atoms with Gasteiger partial charge in [0.2, 0.25) is 5.91 Å². The van der Waals surface area contributed by atoms with Crippen molar-refractivity contribution in [1.82, 2.24) is 9.88 Å². The smallest absolute Gasteiger partial charge is 0.247 e. The maximum Gasteiger partial charge on any atom is 0.247 e. The summed E-state index contributed by atoms with van der Waals surface area (Å²) in [6, 6.07) is 19.6. The van der Waals surface area contributed by atoms with Gasteiger partial charge in [-0.05, 0) is 47.5 Å². The van der Waals surface area contributed by atoms with Crippen molar-refractivity contribution in [2.45, 2.75) is 0 Å². The lowest BCUT2D eigenvalue weighted by Gasteiger charge is -2.26. The number of anilines is 2. The normalized spacial score (nSPS) is 14.0. The molecule has 0 saturated carbocycles. The van der Waals surface area contributed by atoms with Crippen molar-refractivity contribution < 1.29 is 19.0 Å². The van der Waals surface area contributed by atoms with Gasteiger partial charge in [-0.3, -0.25) is 4.79 Å². The van der Waals surface area contributed by atoms with Crippen LogP contribution in [0, 0.1) is 0 Å². The number of carbonyl (C=O) groups excluding carboxylic acids is 1. The van der Waals surface area contributed by atoms with E-state index in [2.05, 4.69) is 4.98 Å². The van der Waals surface area contributed by atoms with E-state index >= 15 is 0 Å². The zero-order valence-corrected chi connectivity index (χ0v) is 19.7. The van der Waals surface area contributed by atoms with Crippen LogP contribution in [-0.2, 0) is 9.53 Å². The molecule has 1 fully saturated rings. The number of morpholine rings is 1. The Morgan fingerprint density at radius 2 is 1.68 bits per heavy atom. The lowest BCUT2D eigenvalue weighted by Crippen LogP contribution is -2.39. The molecule has 0 N–H and O–H groups in total. The minimum Gasteiger partial charge on any atom is -0.493 e. The number of ether oxygens (including phenoxy) is 3. The molecule has 1 aliphatic heterocycles. The molecule has 2 heterocycles. The highest BCUT2D eigenvalue weighted by molar-refractivity contribution is 5.99. The number of carbonyl (C=O) groups is 1. The molecule has 4 rings (SSSR count). The number of methoxy groups -OCH3 is 2. The van der Waals surface area contributed by atoms with Gasteiger partial charge < -0.3 is 24.0 Å². The molecule has 7 heteroatoms. The van der Waals surface area contributed by atoms with E-state index in [1.54, 1.807) is 31.4 Å². The lowest BCUT2D eigenvalue weighted by atomic mass is 9.98. The van der Waals surface area contributed by atoms with E-state index in [0.29, 0.717) is 37.8 Å². The Balaban J connectivity index is 1.70. The average molecular weight is 460 g/mol. The molecule has 34 heavy (non-hydrogen) atoms. The Labute approximate surface area is 200 Å². The molecule has 0 aliphatic carbocycles. The number of hydrogen-bond acceptors (Lipinski definition) is 6. The van der Waals surface area contributed by atoms with Gasteiger partial charge in [0.1, 0.15) is 5.82 Å². The fourth-order valence-corrected chi connectivity index (χ4v) is 3.86. The van der Waals surface area contributed by atoms with E-state index in [9.17, 15) is 4.79 Å². The van der Waals surface area contributed by atoms with Crippen molar-refractivity contribution in [2.24, 2.45) is 0 Å². The molecule has 1 amide bonds. The molecule has 3 aromatic rings. The van der Waals surface area contributed by atoms with Gasteiger partial charge >= 0.3 is 0 Å². The molecule has 0 unspecified atom stereocenters. The molecular formula is C27H29N3O4. The number of para-hydroxylation sites is 1. The summed E-state index contributed by atoms with van der Waals surface area (Å²) in [5, 5.41) is 0. The largest absolute Gasteiger partial charge is 0.493 e. The van der Waals surface area contributed by atoms with E-state index in [-0.39, 0.29) is 5.91 Å². The standard InChI is InChI=1S/C27H29N3O4/c1-29(22-7-5-4-6-8-22)26-12-10-21(19-28-26)23(18-27(31)30-13-15-34-16-14-30)20-9-11-24(32-2)25(17-20)33-3/h4-12,17-19H,13-16H2,1-3H3/b23-18+. The van der Waals surface area contributed by atoms with Gasteiger partial charge in [-0.2, -0.15) is 0 Å². The third-order valence-corrected chi connectivity index (χ3v) is 5.83. The SMILES string of the molecule is COc1ccc(/C(=C\C(=O)N2CCOCC2)c2ccc(N(C)c3ccccc3)nc2)cc1OC. The van der Waals surface area contributed by atoms with E-state index in [1.165, 1.54) is 0 Å². The summed E-state index contributed by atoms with van der Waals surface area (Å²) in [5.74, 6) is 1.97. The van der Waals surface area contributed by atoms with Crippen LogP contribution in [0.15, 0.2) is 72.9 Å². The summed E-state index contributed by atoms with van der Waals surface area (Å²) >= 11 is 0. The highest BCUT2D eigenvalue weighted by Gasteiger charge is 2.18. The van der Waals surface area contributed by atoms with E-state index in [1.807, 2.05) is 72.6 Å². The summed E-state index contributed by atoms with van der Waals surface area (Å²) in [6.07, 6.45) is 3.47. The molecule has 7 nitrogen and oxygen atoms in total. The summed E-state index contributed by atoms with van der Waals surface area (Å²) in [4.78, 5) is 21.6. The minimum atomic E-state index is -0.0569. The van der Waals surface area contributed by atoms with Crippen molar-refractivity contribution in [3.63, 3.8) is 0 Å². The van der Waals surface area contributed by atoms with E-state index in [0.717, 1.165) is 28.2 Å². The maximum atomic E-state index is 13.1. The van der Waals surface area contributed by atoms with Crippen LogP contribution < -0.4 is 14.4 Å². The molecule has 1 aromatic heterocycles. The summed E-state index contributed by atoms with van der Waals surface area (Å²) < 4.78 is 16.3. The predicted molar refractivity (Wildman–Crippen MR) is 133 cm³/mol. The topological polar surface area (TPSA) is 64.1 Å². The molecule has 176 valence electrons. The fourth-order valence-electron chi connectivity index (χ4n) is 3.86. The van der Waals surface area contributed by atoms with Crippen LogP contribution in [0.5, 0.6) is 11.5 Å². The molecule has 0 atom stereocenters. The van der Waals surface area contributed by atoms with Gasteiger partial charge in [0, 0.05) is 43.7 Å². The van der Waals surface area contributed by atoms with Crippen LogP contribution in [0.2, 0.25) is 0 Å². The third-order valence-electron chi connectivity index (χ3n) is 5.83. The van der Waals surface area contributed by atoms with Crippen LogP contribution in [0.4, 0.5) is 11.5 Å². The second-order valence-electron chi connectivity index (χ2n) is 7.87. The number of rotatable bonds is 7. The first-order valence-electron chi connectivity index (χ1n) is 11.2. The second kappa shape index (κ2) is 10.9. The van der Waals surface area contributed by atoms with E-state index in [4.69, 9.17) is 14.2 Å². The van der Waals surface area contributed by atoms with Gasteiger partial charge in [-0.25, -0.2) is 4.98 Å². The van der Waals surface area contributed by atoms with Crippen molar-refractivity contribution in [3.8, 4) is 11.5 Å². The van der Waals surface area contributed by atoms with Crippen LogP contribution in [-0.4, -0.2) is 63.4 Å². The van der Waals surface area contributed by atoms with Crippen LogP contribution >= 0.6 is 0 Å². The van der Waals surface area contributed by atoms with Crippen molar-refractivity contribution in [2.75, 3.05) is 52.5 Å². The first kappa shape index (κ1) is 23.3. The summed E-state index contributed by atoms with van der Waals surface area (Å²) in [6.45, 7) is 2.25. The average Bonchev–Trinajstić information content (AvgIpc) is 2.92. The Kier molecular flexibility index (Phi) is 7.44. The molecule has 0 radical (unpaired) electrons. The van der Waals surface area contributed by atoms with Crippen molar-refractivity contribution >= 4 is 23.0 Å². The predicted octanol–water partition coefficient (Wildman–Crippen LogP) is 4.16. The van der Waals surface area contributed by atoms with Crippen LogP contribution in [0.25, 0.3) is 5.57 Å². The van der Waals surface area contributed by atoms with Gasteiger partial charge in [0.15, 0.2) is 11.5 Å². The Hall–Kier alpha value is -3.84. The first-order chi connectivity index (χ1) is 16.6. The highest BCUT2D eigenvalue weighted by Crippen LogP contribution is 2.33. The van der Waals surface area contributed by atoms with Crippen molar-refractivity contribution in [1.29, 1.82) is 0 Å². The zero-order valence-electron chi connectivity index (χ0n) is 19.7. The Morgan fingerprint density at radius 3 is 2.32 bits per heavy atom. The number of hydrogen-bond donors (Lipinski definition) is 0. The first-order valence-corrected chi connectivity index (χ1v) is 11.2. The molecular weight excluding hydrogens is 430 g/mol. The Morgan fingerprint density at radius 1 is 0.971 bits per heavy atom. The molecule has 2 aromatic carbocycles. The van der Waals surface area contributed by atoms with Gasteiger partial charge in [0.25, 0.3) is 0 Å². The highest BCUT2D eigenvalue weighted by atomic mass is 16.5. The maximum absolute atomic E-state index is 13.1. The molecule has 1 aliphatic rings. The number of benzene rings is 2. The van der Waals surface area contributed by atoms with E-state index < -0.39 is 0 Å². The van der Waals surface area contributed by atoms with Crippen LogP contribution in [0.3, 0.4) is 0 Å². The lowest BCUT2D eigenvalue weighted by molar-refractivity contribution is -0.129. The van der Waals surface area contributed by atoms with Crippen molar-refractivity contribution in [3.05, 3.63) is 84.1 Å².